The lowest BCUT2D eigenvalue weighted by Gasteiger charge is -2.28. The molecule has 0 aliphatic carbocycles. The maximum Gasteiger partial charge on any atom is 0.354 e. The number of aromatic nitrogens is 1. The number of urea groups is 1. The predicted octanol–water partition coefficient (Wildman–Crippen LogP) is -0.159. The molecular formula is C15H16N4O3. The first-order valence-corrected chi connectivity index (χ1v) is 7.09. The third kappa shape index (κ3) is 2.87. The second kappa shape index (κ2) is 6.03. The van der Waals surface area contributed by atoms with Crippen LogP contribution in [0.1, 0.15) is 16.1 Å². The molecule has 0 radical (unpaired) electrons. The summed E-state index contributed by atoms with van der Waals surface area (Å²) in [5.74, 6) is 4.80. The van der Waals surface area contributed by atoms with E-state index in [-0.39, 0.29) is 17.8 Å². The van der Waals surface area contributed by atoms with Crippen molar-refractivity contribution in [2.24, 2.45) is 0 Å². The number of hydrogen-bond acceptors (Lipinski definition) is 4. The normalized spacial score (nSPS) is 20.4. The summed E-state index contributed by atoms with van der Waals surface area (Å²) in [4.78, 5) is 30.3. The monoisotopic (exact) mass is 300 g/mol. The molecule has 0 aromatic carbocycles. The van der Waals surface area contributed by atoms with Gasteiger partial charge in [-0.3, -0.25) is 0 Å². The van der Waals surface area contributed by atoms with E-state index < -0.39 is 5.97 Å². The summed E-state index contributed by atoms with van der Waals surface area (Å²) in [5.41, 5.74) is 0.626. The first-order chi connectivity index (χ1) is 10.6. The second-order valence-electron chi connectivity index (χ2n) is 5.25. The molecule has 22 heavy (non-hydrogen) atoms. The van der Waals surface area contributed by atoms with Crippen molar-refractivity contribution < 1.29 is 14.7 Å². The topological polar surface area (TPSA) is 85.8 Å². The van der Waals surface area contributed by atoms with Gasteiger partial charge in [-0.25, -0.2) is 14.6 Å². The first-order valence-electron chi connectivity index (χ1n) is 7.09. The van der Waals surface area contributed by atoms with E-state index in [4.69, 9.17) is 5.11 Å². The van der Waals surface area contributed by atoms with Crippen LogP contribution in [0.25, 0.3) is 0 Å². The quantitative estimate of drug-likeness (QED) is 0.741. The molecule has 0 spiro atoms. The van der Waals surface area contributed by atoms with Gasteiger partial charge in [0.25, 0.3) is 0 Å². The number of pyridine rings is 1. The highest BCUT2D eigenvalue weighted by Crippen LogP contribution is 2.16. The Morgan fingerprint density at radius 1 is 1.50 bits per heavy atom. The zero-order chi connectivity index (χ0) is 15.5. The molecule has 0 saturated carbocycles. The van der Waals surface area contributed by atoms with Crippen LogP contribution in [-0.2, 0) is 0 Å². The fourth-order valence-corrected chi connectivity index (χ4v) is 2.65. The van der Waals surface area contributed by atoms with E-state index in [1.165, 1.54) is 12.3 Å². The summed E-state index contributed by atoms with van der Waals surface area (Å²) in [5, 5.41) is 12.1. The summed E-state index contributed by atoms with van der Waals surface area (Å²) in [7, 11) is 0. The average molecular weight is 300 g/mol. The van der Waals surface area contributed by atoms with E-state index >= 15 is 0 Å². The van der Waals surface area contributed by atoms with Crippen molar-refractivity contribution >= 4 is 12.0 Å². The fourth-order valence-electron chi connectivity index (χ4n) is 2.65. The minimum Gasteiger partial charge on any atom is -0.477 e. The van der Waals surface area contributed by atoms with E-state index in [1.54, 1.807) is 11.0 Å². The summed E-state index contributed by atoms with van der Waals surface area (Å²) >= 11 is 0. The Labute approximate surface area is 127 Å². The number of nitrogens with zero attached hydrogens (tertiary/aromatic N) is 3. The van der Waals surface area contributed by atoms with Gasteiger partial charge in [0.15, 0.2) is 0 Å². The molecule has 2 aliphatic rings. The maximum atomic E-state index is 12.2. The minimum absolute atomic E-state index is 0.00959. The zero-order valence-electron chi connectivity index (χ0n) is 12.0. The molecule has 2 N–H and O–H groups in total. The Balaban J connectivity index is 1.61. The van der Waals surface area contributed by atoms with E-state index in [2.05, 4.69) is 22.1 Å². The summed E-state index contributed by atoms with van der Waals surface area (Å²) in [6, 6.07) is 3.31. The Morgan fingerprint density at radius 3 is 3.05 bits per heavy atom. The number of fused-ring (bicyclic) bond motifs is 1. The fraction of sp³-hybridized carbons (Fsp3) is 0.400. The highest BCUT2D eigenvalue weighted by Gasteiger charge is 2.37. The van der Waals surface area contributed by atoms with Gasteiger partial charge in [0.05, 0.1) is 12.6 Å². The molecule has 0 bridgehead atoms. The Hall–Kier alpha value is -2.59. The van der Waals surface area contributed by atoms with Crippen molar-refractivity contribution in [1.82, 2.24) is 20.1 Å². The lowest BCUT2D eigenvalue weighted by Crippen LogP contribution is -2.49. The number of hydrogen-bond donors (Lipinski definition) is 2. The van der Waals surface area contributed by atoms with Crippen molar-refractivity contribution in [3.05, 3.63) is 29.6 Å². The lowest BCUT2D eigenvalue weighted by molar-refractivity contribution is 0.0690. The molecular weight excluding hydrogens is 284 g/mol. The van der Waals surface area contributed by atoms with Crippen LogP contribution in [0.5, 0.6) is 0 Å². The predicted molar refractivity (Wildman–Crippen MR) is 78.4 cm³/mol. The molecule has 7 nitrogen and oxygen atoms in total. The molecule has 3 rings (SSSR count). The molecule has 1 aromatic rings. The van der Waals surface area contributed by atoms with Gasteiger partial charge < -0.3 is 20.2 Å². The van der Waals surface area contributed by atoms with Crippen LogP contribution in [0.4, 0.5) is 4.79 Å². The molecule has 2 fully saturated rings. The lowest BCUT2D eigenvalue weighted by atomic mass is 10.2. The Bertz CT molecular complexity index is 647. The van der Waals surface area contributed by atoms with Crippen molar-refractivity contribution in [2.45, 2.75) is 6.04 Å². The van der Waals surface area contributed by atoms with Crippen molar-refractivity contribution in [3.63, 3.8) is 0 Å². The molecule has 114 valence electrons. The van der Waals surface area contributed by atoms with E-state index in [1.807, 2.05) is 4.90 Å². The smallest absolute Gasteiger partial charge is 0.354 e. The van der Waals surface area contributed by atoms with Crippen LogP contribution in [0.2, 0.25) is 0 Å². The average Bonchev–Trinajstić information content (AvgIpc) is 2.85. The van der Waals surface area contributed by atoms with Gasteiger partial charge >= 0.3 is 12.0 Å². The molecule has 0 unspecified atom stereocenters. The number of carboxylic acid groups (broad SMARTS) is 1. The third-order valence-corrected chi connectivity index (χ3v) is 3.78. The van der Waals surface area contributed by atoms with Gasteiger partial charge in [0, 0.05) is 37.9 Å². The molecule has 2 aliphatic heterocycles. The number of piperazine rings is 1. The van der Waals surface area contributed by atoms with Crippen molar-refractivity contribution in [3.8, 4) is 11.8 Å². The summed E-state index contributed by atoms with van der Waals surface area (Å²) in [6.07, 6.45) is 1.43. The van der Waals surface area contributed by atoms with Crippen LogP contribution >= 0.6 is 0 Å². The number of carbonyl (C=O) groups excluding carboxylic acids is 1. The standard InChI is InChI=1S/C15H16N4O3/c20-14(21)13-4-3-11(8-17-13)2-1-6-18-10-12-9-16-5-7-19(12)15(18)22/h3-4,8,12,16H,5-7,9-10H2,(H,20,21)/t12-/m0/s1. The van der Waals surface area contributed by atoms with Crippen LogP contribution in [-0.4, -0.2) is 70.7 Å². The maximum absolute atomic E-state index is 12.2. The Kier molecular flexibility index (Phi) is 3.94. The van der Waals surface area contributed by atoms with Gasteiger partial charge in [-0.05, 0) is 12.1 Å². The summed E-state index contributed by atoms with van der Waals surface area (Å²) in [6.45, 7) is 3.47. The van der Waals surface area contributed by atoms with E-state index in [0.29, 0.717) is 18.7 Å². The molecule has 3 heterocycles. The van der Waals surface area contributed by atoms with Crippen LogP contribution in [0, 0.1) is 11.8 Å². The number of carbonyl (C=O) groups is 2. The molecule has 2 amide bonds. The number of nitrogens with one attached hydrogen (secondary N) is 1. The van der Waals surface area contributed by atoms with Gasteiger partial charge in [-0.2, -0.15) is 0 Å². The van der Waals surface area contributed by atoms with Gasteiger partial charge in [0.2, 0.25) is 0 Å². The molecule has 1 aromatic heterocycles. The molecule has 2 saturated heterocycles. The number of rotatable bonds is 2. The van der Waals surface area contributed by atoms with Crippen molar-refractivity contribution in [2.75, 3.05) is 32.7 Å². The zero-order valence-corrected chi connectivity index (χ0v) is 12.0. The third-order valence-electron chi connectivity index (χ3n) is 3.78. The number of carboxylic acids is 1. The second-order valence-corrected chi connectivity index (χ2v) is 5.25. The minimum atomic E-state index is -1.06. The highest BCUT2D eigenvalue weighted by atomic mass is 16.4. The van der Waals surface area contributed by atoms with Crippen LogP contribution < -0.4 is 5.32 Å². The number of amides is 2. The largest absolute Gasteiger partial charge is 0.477 e. The first kappa shape index (κ1) is 14.4. The van der Waals surface area contributed by atoms with E-state index in [9.17, 15) is 9.59 Å². The van der Waals surface area contributed by atoms with Gasteiger partial charge in [-0.1, -0.05) is 11.8 Å². The van der Waals surface area contributed by atoms with Gasteiger partial charge in [-0.15, -0.1) is 0 Å². The Morgan fingerprint density at radius 2 is 2.36 bits per heavy atom. The van der Waals surface area contributed by atoms with E-state index in [0.717, 1.165) is 19.6 Å². The SMILES string of the molecule is O=C(O)c1ccc(C#CCN2C[C@@H]3CNCCN3C2=O)cn1. The number of aromatic carboxylic acids is 1. The van der Waals surface area contributed by atoms with Crippen LogP contribution in [0.15, 0.2) is 18.3 Å². The summed E-state index contributed by atoms with van der Waals surface area (Å²) < 4.78 is 0. The van der Waals surface area contributed by atoms with Crippen LogP contribution in [0.3, 0.4) is 0 Å². The van der Waals surface area contributed by atoms with Crippen molar-refractivity contribution in [1.29, 1.82) is 0 Å². The highest BCUT2D eigenvalue weighted by molar-refractivity contribution is 5.85. The molecule has 7 heteroatoms. The van der Waals surface area contributed by atoms with Gasteiger partial charge in [0.1, 0.15) is 5.69 Å². The molecule has 1 atom stereocenters.